The number of aliphatic hydroxyl groups is 1. The van der Waals surface area contributed by atoms with E-state index in [0.29, 0.717) is 34.8 Å². The molecule has 0 unspecified atom stereocenters. The summed E-state index contributed by atoms with van der Waals surface area (Å²) in [6.45, 7) is 5.91. The number of aliphatic hydroxyl groups excluding tert-OH is 1. The van der Waals surface area contributed by atoms with Gasteiger partial charge in [-0.15, -0.1) is 0 Å². The molecule has 1 aliphatic rings. The van der Waals surface area contributed by atoms with Gasteiger partial charge in [0.05, 0.1) is 46.1 Å². The van der Waals surface area contributed by atoms with Gasteiger partial charge in [-0.2, -0.15) is 4.98 Å². The second-order valence-electron chi connectivity index (χ2n) is 16.7. The third-order valence-electron chi connectivity index (χ3n) is 11.4. The van der Waals surface area contributed by atoms with Gasteiger partial charge < -0.3 is 38.1 Å². The zero-order valence-corrected chi connectivity index (χ0v) is 36.7. The van der Waals surface area contributed by atoms with Gasteiger partial charge >= 0.3 is 6.09 Å². The normalized spacial score (nSPS) is 17.7. The average Bonchev–Trinajstić information content (AvgIpc) is 3.83. The molecule has 12 nitrogen and oxygen atoms in total. The summed E-state index contributed by atoms with van der Waals surface area (Å²) < 4.78 is 39.7. The summed E-state index contributed by atoms with van der Waals surface area (Å²) in [4.78, 5) is 25.7. The predicted octanol–water partition coefficient (Wildman–Crippen LogP) is 9.24. The van der Waals surface area contributed by atoms with Crippen LogP contribution in [0.25, 0.3) is 11.0 Å². The van der Waals surface area contributed by atoms with E-state index < -0.39 is 41.6 Å². The molecule has 4 atom stereocenters. The highest BCUT2D eigenvalue weighted by Crippen LogP contribution is 2.46. The molecule has 8 rings (SSSR count). The summed E-state index contributed by atoms with van der Waals surface area (Å²) in [7, 11) is 3.15. The molecule has 3 heterocycles. The third-order valence-corrected chi connectivity index (χ3v) is 11.4. The molecule has 0 saturated carbocycles. The first-order valence-corrected chi connectivity index (χ1v) is 21.3. The molecular weight excluding hydrogens is 809 g/mol. The van der Waals surface area contributed by atoms with Crippen molar-refractivity contribution in [2.45, 2.75) is 76.2 Å². The third kappa shape index (κ3) is 9.22. The summed E-state index contributed by atoms with van der Waals surface area (Å²) in [5, 5.41) is 12.9. The van der Waals surface area contributed by atoms with E-state index in [4.69, 9.17) is 33.4 Å². The number of nitrogens with zero attached hydrogens (tertiary/aromatic N) is 4. The Bertz CT molecular complexity index is 2490. The maximum Gasteiger partial charge on any atom is 0.411 e. The number of hydrogen-bond acceptors (Lipinski definition) is 10. The van der Waals surface area contributed by atoms with Crippen molar-refractivity contribution in [3.05, 3.63) is 191 Å². The van der Waals surface area contributed by atoms with Crippen LogP contribution in [0, 0.1) is 0 Å². The van der Waals surface area contributed by atoms with E-state index in [1.807, 2.05) is 177 Å². The first kappa shape index (κ1) is 44.1. The van der Waals surface area contributed by atoms with Crippen LogP contribution in [0.5, 0.6) is 11.6 Å². The molecule has 5 aromatic carbocycles. The van der Waals surface area contributed by atoms with Crippen molar-refractivity contribution in [3.8, 4) is 11.6 Å². The molecule has 1 aliphatic heterocycles. The molecule has 64 heavy (non-hydrogen) atoms. The topological polar surface area (TPSA) is 127 Å². The van der Waals surface area contributed by atoms with Gasteiger partial charge in [-0.05, 0) is 60.7 Å². The minimum atomic E-state index is -1.30. The Morgan fingerprint density at radius 3 is 1.81 bits per heavy atom. The Balaban J connectivity index is 1.27. The van der Waals surface area contributed by atoms with E-state index >= 15 is 0 Å². The van der Waals surface area contributed by atoms with Gasteiger partial charge in [0.2, 0.25) is 5.88 Å². The lowest BCUT2D eigenvalue weighted by molar-refractivity contribution is -0.0763. The lowest BCUT2D eigenvalue weighted by Crippen LogP contribution is -2.48. The molecular formula is C52H54N4O8. The van der Waals surface area contributed by atoms with Crippen LogP contribution in [0.3, 0.4) is 0 Å². The number of carbonyl (C=O) groups excluding carboxylic acids is 1. The van der Waals surface area contributed by atoms with Crippen LogP contribution in [0.2, 0.25) is 0 Å². The Morgan fingerprint density at radius 1 is 0.703 bits per heavy atom. The van der Waals surface area contributed by atoms with Crippen LogP contribution in [0.4, 0.5) is 4.79 Å². The molecule has 1 saturated heterocycles. The monoisotopic (exact) mass is 862 g/mol. The predicted molar refractivity (Wildman–Crippen MR) is 243 cm³/mol. The molecule has 12 heteroatoms. The van der Waals surface area contributed by atoms with Gasteiger partial charge in [0, 0.05) is 11.8 Å². The SMILES string of the molecule is COc1ccc(CO[C@H]2[C@@H](O)[C@H](c3cn(COCc4ccccc4)c4c(OC)ncnc34)N(C(=O)OC(C)(C)C)[C@@H]2COC(c2ccccc2)(c2ccccc2)c2ccccc2)cc1. The van der Waals surface area contributed by atoms with Crippen LogP contribution >= 0.6 is 0 Å². The molecule has 1 fully saturated rings. The van der Waals surface area contributed by atoms with Gasteiger partial charge in [0.15, 0.2) is 0 Å². The zero-order valence-electron chi connectivity index (χ0n) is 36.7. The number of likely N-dealkylation sites (tertiary alicyclic amines) is 1. The number of benzene rings is 5. The number of methoxy groups -OCH3 is 2. The van der Waals surface area contributed by atoms with E-state index in [2.05, 4.69) is 4.98 Å². The number of rotatable bonds is 16. The van der Waals surface area contributed by atoms with Gasteiger partial charge in [0.25, 0.3) is 0 Å². The fraction of sp³-hybridized carbons (Fsp3) is 0.288. The molecule has 0 bridgehead atoms. The van der Waals surface area contributed by atoms with Crippen LogP contribution in [0.15, 0.2) is 158 Å². The van der Waals surface area contributed by atoms with E-state index in [-0.39, 0.29) is 19.9 Å². The van der Waals surface area contributed by atoms with Gasteiger partial charge in [-0.3, -0.25) is 4.90 Å². The van der Waals surface area contributed by atoms with Crippen LogP contribution < -0.4 is 9.47 Å². The summed E-state index contributed by atoms with van der Waals surface area (Å²) in [6, 6.07) is 45.5. The second-order valence-corrected chi connectivity index (χ2v) is 16.7. The maximum atomic E-state index is 15.0. The molecule has 1 N–H and O–H groups in total. The lowest BCUT2D eigenvalue weighted by atomic mass is 9.80. The van der Waals surface area contributed by atoms with Crippen LogP contribution in [0.1, 0.15) is 60.2 Å². The summed E-state index contributed by atoms with van der Waals surface area (Å²) in [5.74, 6) is 1.01. The number of hydrogen-bond donors (Lipinski definition) is 1. The molecule has 1 amide bonds. The number of amides is 1. The Hall–Kier alpha value is -6.57. The number of ether oxygens (including phenoxy) is 6. The van der Waals surface area contributed by atoms with Crippen LogP contribution in [-0.4, -0.2) is 75.3 Å². The molecule has 330 valence electrons. The summed E-state index contributed by atoms with van der Waals surface area (Å²) in [5.41, 5.74) is 3.97. The summed E-state index contributed by atoms with van der Waals surface area (Å²) >= 11 is 0. The van der Waals surface area contributed by atoms with E-state index in [1.54, 1.807) is 12.0 Å². The average molecular weight is 863 g/mol. The van der Waals surface area contributed by atoms with Crippen molar-refractivity contribution in [1.82, 2.24) is 19.4 Å². The van der Waals surface area contributed by atoms with Crippen molar-refractivity contribution in [1.29, 1.82) is 0 Å². The van der Waals surface area contributed by atoms with E-state index in [0.717, 1.165) is 27.8 Å². The smallest absolute Gasteiger partial charge is 0.411 e. The molecule has 7 aromatic rings. The first-order valence-electron chi connectivity index (χ1n) is 21.3. The largest absolute Gasteiger partial charge is 0.497 e. The second kappa shape index (κ2) is 19.4. The minimum absolute atomic E-state index is 0.0874. The Morgan fingerprint density at radius 2 is 1.27 bits per heavy atom. The minimum Gasteiger partial charge on any atom is -0.497 e. The zero-order chi connectivity index (χ0) is 44.7. The van der Waals surface area contributed by atoms with Gasteiger partial charge in [-0.1, -0.05) is 133 Å². The van der Waals surface area contributed by atoms with Crippen molar-refractivity contribution < 1.29 is 38.3 Å². The van der Waals surface area contributed by atoms with Crippen molar-refractivity contribution in [3.63, 3.8) is 0 Å². The number of aromatic nitrogens is 3. The lowest BCUT2D eigenvalue weighted by Gasteiger charge is -2.39. The summed E-state index contributed by atoms with van der Waals surface area (Å²) in [6.07, 6.45) is 0.294. The standard InChI is InChI=1S/C52H54N4O8/c1-51(2,3)64-50(58)56-43(33-63-52(38-20-12-7-13-21-38,39-22-14-8-15-23-39)40-24-16-9-17-25-40)48(62-32-37-26-28-41(59-4)29-27-37)47(57)45(56)42-30-55(35-61-31-36-18-10-6-11-19-36)46-44(42)53-34-54-49(46)60-5/h6-30,34,43,45,47-48,57H,31-33,35H2,1-5H3/t43-,45+,47+,48-/m1/s1. The molecule has 0 radical (unpaired) electrons. The van der Waals surface area contributed by atoms with E-state index in [1.165, 1.54) is 13.4 Å². The number of carbonyl (C=O) groups is 1. The molecule has 0 spiro atoms. The Labute approximate surface area is 373 Å². The molecule has 0 aliphatic carbocycles. The van der Waals surface area contributed by atoms with Crippen LogP contribution in [-0.2, 0) is 44.5 Å². The van der Waals surface area contributed by atoms with Crippen molar-refractivity contribution in [2.75, 3.05) is 20.8 Å². The molecule has 2 aromatic heterocycles. The highest BCUT2D eigenvalue weighted by atomic mass is 16.6. The quantitative estimate of drug-likeness (QED) is 0.0940. The first-order chi connectivity index (χ1) is 31.1. The van der Waals surface area contributed by atoms with Crippen molar-refractivity contribution >= 4 is 17.1 Å². The van der Waals surface area contributed by atoms with Gasteiger partial charge in [-0.25, -0.2) is 9.78 Å². The Kier molecular flexibility index (Phi) is 13.4. The van der Waals surface area contributed by atoms with Crippen molar-refractivity contribution in [2.24, 2.45) is 0 Å². The highest BCUT2D eigenvalue weighted by molar-refractivity contribution is 5.85. The number of fused-ring (bicyclic) bond motifs is 1. The maximum absolute atomic E-state index is 15.0. The fourth-order valence-electron chi connectivity index (χ4n) is 8.54. The highest BCUT2D eigenvalue weighted by Gasteiger charge is 2.55. The van der Waals surface area contributed by atoms with E-state index in [9.17, 15) is 9.90 Å². The van der Waals surface area contributed by atoms with Gasteiger partial charge in [0.1, 0.15) is 53.3 Å². The fourth-order valence-corrected chi connectivity index (χ4v) is 8.54.